The summed E-state index contributed by atoms with van der Waals surface area (Å²) in [4.78, 5) is 0. The van der Waals surface area contributed by atoms with Gasteiger partial charge in [0.05, 0.1) is 0 Å². The molecular formula is C9H30N2. The Balaban J connectivity index is -0.0000000139. The van der Waals surface area contributed by atoms with Crippen molar-refractivity contribution in [1.82, 2.24) is 0 Å². The van der Waals surface area contributed by atoms with E-state index < -0.39 is 0 Å². The molecular weight excluding hydrogens is 136 g/mol. The molecule has 0 saturated carbocycles. The van der Waals surface area contributed by atoms with Crippen LogP contribution in [0.15, 0.2) is 0 Å². The monoisotopic (exact) mass is 166 g/mol. The Hall–Kier alpha value is -0.0800. The van der Waals surface area contributed by atoms with Crippen LogP contribution >= 0.6 is 0 Å². The Morgan fingerprint density at radius 2 is 0.636 bits per heavy atom. The highest BCUT2D eigenvalue weighted by atomic mass is 14.4. The summed E-state index contributed by atoms with van der Waals surface area (Å²) in [5, 5.41) is 0. The van der Waals surface area contributed by atoms with Crippen LogP contribution in [0, 0.1) is 0 Å². The lowest BCUT2D eigenvalue weighted by molar-refractivity contribution is 1.09. The van der Waals surface area contributed by atoms with Crippen molar-refractivity contribution in [3.8, 4) is 0 Å². The number of hydrogen-bond donors (Lipinski definition) is 2. The van der Waals surface area contributed by atoms with E-state index in [0.29, 0.717) is 0 Å². The summed E-state index contributed by atoms with van der Waals surface area (Å²) in [5.74, 6) is 0. The van der Waals surface area contributed by atoms with E-state index in [0.717, 1.165) is 0 Å². The SMILES string of the molecule is CC.CC.CCC.CN.CN. The Kier molecular flexibility index (Phi) is 2600. The Morgan fingerprint density at radius 1 is 0.636 bits per heavy atom. The molecule has 0 heterocycles. The summed E-state index contributed by atoms with van der Waals surface area (Å²) in [6, 6.07) is 0. The molecule has 0 aromatic carbocycles. The van der Waals surface area contributed by atoms with Gasteiger partial charge in [0.2, 0.25) is 0 Å². The molecule has 0 saturated heterocycles. The fourth-order valence-corrected chi connectivity index (χ4v) is 0. The van der Waals surface area contributed by atoms with Gasteiger partial charge < -0.3 is 11.5 Å². The lowest BCUT2D eigenvalue weighted by Crippen LogP contribution is -1.69. The fraction of sp³-hybridized carbons (Fsp3) is 1.00. The van der Waals surface area contributed by atoms with Crippen LogP contribution in [0.25, 0.3) is 0 Å². The van der Waals surface area contributed by atoms with Crippen molar-refractivity contribution < 1.29 is 0 Å². The van der Waals surface area contributed by atoms with Gasteiger partial charge in [-0.15, -0.1) is 0 Å². The second kappa shape index (κ2) is 933. The maximum atomic E-state index is 4.50. The molecule has 0 rings (SSSR count). The zero-order valence-corrected chi connectivity index (χ0v) is 9.86. The molecule has 0 aliphatic heterocycles. The van der Waals surface area contributed by atoms with Crippen molar-refractivity contribution in [1.29, 1.82) is 0 Å². The van der Waals surface area contributed by atoms with Gasteiger partial charge in [-0.3, -0.25) is 0 Å². The van der Waals surface area contributed by atoms with Crippen LogP contribution in [0.5, 0.6) is 0 Å². The molecule has 0 unspecified atom stereocenters. The highest BCUT2D eigenvalue weighted by molar-refractivity contribution is 3.92. The van der Waals surface area contributed by atoms with Gasteiger partial charge in [-0.2, -0.15) is 0 Å². The molecule has 0 bridgehead atoms. The van der Waals surface area contributed by atoms with E-state index in [2.05, 4.69) is 25.3 Å². The minimum atomic E-state index is 1.25. The minimum absolute atomic E-state index is 1.25. The molecule has 76 valence electrons. The van der Waals surface area contributed by atoms with Crippen molar-refractivity contribution in [2.45, 2.75) is 48.0 Å². The van der Waals surface area contributed by atoms with E-state index in [1.807, 2.05) is 27.7 Å². The van der Waals surface area contributed by atoms with Gasteiger partial charge in [-0.1, -0.05) is 48.0 Å². The fourth-order valence-electron chi connectivity index (χ4n) is 0. The first kappa shape index (κ1) is 30.7. The van der Waals surface area contributed by atoms with E-state index >= 15 is 0 Å². The predicted octanol–water partition coefficient (Wildman–Crippen LogP) is 2.62. The maximum Gasteiger partial charge on any atom is -0.0195 e. The van der Waals surface area contributed by atoms with E-state index in [1.165, 1.54) is 20.5 Å². The largest absolute Gasteiger partial charge is 0.333 e. The van der Waals surface area contributed by atoms with E-state index in [9.17, 15) is 0 Å². The van der Waals surface area contributed by atoms with Gasteiger partial charge in [-0.25, -0.2) is 0 Å². The van der Waals surface area contributed by atoms with Crippen LogP contribution in [0.2, 0.25) is 0 Å². The lowest BCUT2D eigenvalue weighted by atomic mass is 10.6. The van der Waals surface area contributed by atoms with Gasteiger partial charge in [0, 0.05) is 0 Å². The third-order valence-electron chi connectivity index (χ3n) is 0. The molecule has 4 N–H and O–H groups in total. The van der Waals surface area contributed by atoms with Crippen LogP contribution in [-0.4, -0.2) is 14.1 Å². The van der Waals surface area contributed by atoms with E-state index in [1.54, 1.807) is 0 Å². The zero-order chi connectivity index (χ0) is 10.7. The summed E-state index contributed by atoms with van der Waals surface area (Å²) >= 11 is 0. The normalized spacial score (nSPS) is 3.82. The van der Waals surface area contributed by atoms with Crippen molar-refractivity contribution in [3.63, 3.8) is 0 Å². The average Bonchev–Trinajstić information content (AvgIpc) is 2.18. The van der Waals surface area contributed by atoms with Gasteiger partial charge >= 0.3 is 0 Å². The van der Waals surface area contributed by atoms with Gasteiger partial charge in [-0.05, 0) is 14.1 Å². The summed E-state index contributed by atoms with van der Waals surface area (Å²) in [5.41, 5.74) is 9.00. The van der Waals surface area contributed by atoms with Crippen molar-refractivity contribution in [3.05, 3.63) is 0 Å². The lowest BCUT2D eigenvalue weighted by Gasteiger charge is -1.48. The number of hydrogen-bond acceptors (Lipinski definition) is 2. The highest BCUT2D eigenvalue weighted by Crippen LogP contribution is 1.56. The van der Waals surface area contributed by atoms with Crippen molar-refractivity contribution in [2.24, 2.45) is 11.5 Å². The van der Waals surface area contributed by atoms with Crippen LogP contribution in [0.3, 0.4) is 0 Å². The van der Waals surface area contributed by atoms with Crippen LogP contribution in [0.1, 0.15) is 48.0 Å². The Labute approximate surface area is 74.4 Å². The quantitative estimate of drug-likeness (QED) is 0.581. The molecule has 11 heavy (non-hydrogen) atoms. The summed E-state index contributed by atoms with van der Waals surface area (Å²) < 4.78 is 0. The summed E-state index contributed by atoms with van der Waals surface area (Å²) in [7, 11) is 3.00. The zero-order valence-electron chi connectivity index (χ0n) is 9.86. The van der Waals surface area contributed by atoms with Crippen molar-refractivity contribution in [2.75, 3.05) is 14.1 Å². The van der Waals surface area contributed by atoms with E-state index in [4.69, 9.17) is 0 Å². The number of rotatable bonds is 0. The van der Waals surface area contributed by atoms with Crippen LogP contribution in [-0.2, 0) is 0 Å². The second-order valence-electron chi connectivity index (χ2n) is 0.707. The van der Waals surface area contributed by atoms with Crippen LogP contribution in [0.4, 0.5) is 0 Å². The second-order valence-corrected chi connectivity index (χ2v) is 0.707. The summed E-state index contributed by atoms with van der Waals surface area (Å²) in [6.07, 6.45) is 1.25. The first-order chi connectivity index (χ1) is 5.41. The van der Waals surface area contributed by atoms with Gasteiger partial charge in [0.25, 0.3) is 0 Å². The minimum Gasteiger partial charge on any atom is -0.333 e. The molecule has 0 aliphatic rings. The molecule has 0 fully saturated rings. The molecule has 0 radical (unpaired) electrons. The smallest absolute Gasteiger partial charge is 0.0195 e. The third kappa shape index (κ3) is 97200. The maximum absolute atomic E-state index is 4.50. The van der Waals surface area contributed by atoms with Gasteiger partial charge in [0.1, 0.15) is 0 Å². The first-order valence-corrected chi connectivity index (χ1v) is 4.57. The van der Waals surface area contributed by atoms with Crippen LogP contribution < -0.4 is 11.5 Å². The molecule has 0 spiro atoms. The molecule has 0 atom stereocenters. The average molecular weight is 166 g/mol. The Morgan fingerprint density at radius 3 is 0.636 bits per heavy atom. The van der Waals surface area contributed by atoms with E-state index in [-0.39, 0.29) is 0 Å². The molecule has 0 aromatic heterocycles. The molecule has 0 aromatic rings. The topological polar surface area (TPSA) is 52.0 Å². The third-order valence-corrected chi connectivity index (χ3v) is 0. The summed E-state index contributed by atoms with van der Waals surface area (Å²) in [6.45, 7) is 12.2. The Bertz CT molecular complexity index is 7.52. The van der Waals surface area contributed by atoms with Gasteiger partial charge in [0.15, 0.2) is 0 Å². The molecule has 0 aliphatic carbocycles. The number of nitrogens with two attached hydrogens (primary N) is 2. The molecule has 0 amide bonds. The molecule has 2 heteroatoms. The standard InChI is InChI=1S/C3H8.2C2H6.2CH5N/c1-3-2;4*1-2/h3H2,1-2H3;2*1-2H3;2*2H2,1H3. The first-order valence-electron chi connectivity index (χ1n) is 4.57. The highest BCUT2D eigenvalue weighted by Gasteiger charge is 1.35. The predicted molar refractivity (Wildman–Crippen MR) is 58.9 cm³/mol. The van der Waals surface area contributed by atoms with Crippen molar-refractivity contribution >= 4 is 0 Å². The molecule has 2 nitrogen and oxygen atoms in total.